The van der Waals surface area contributed by atoms with E-state index in [1.807, 2.05) is 20.0 Å². The number of hydrogen-bond donors (Lipinski definition) is 0. The summed E-state index contributed by atoms with van der Waals surface area (Å²) in [4.78, 5) is 10.5. The Hall–Kier alpha value is -0.970. The van der Waals surface area contributed by atoms with Gasteiger partial charge in [0.2, 0.25) is 0 Å². The van der Waals surface area contributed by atoms with Crippen LogP contribution in [0.3, 0.4) is 0 Å². The van der Waals surface area contributed by atoms with E-state index in [1.165, 1.54) is 0 Å². The first-order chi connectivity index (χ1) is 4.16. The molecule has 0 atom stereocenters. The Balaban J connectivity index is 3.42. The van der Waals surface area contributed by atoms with Crippen LogP contribution in [0.4, 0.5) is 0 Å². The Bertz CT molecular complexity index is 130. The number of ether oxygens (including phenoxy) is 1. The van der Waals surface area contributed by atoms with Crippen molar-refractivity contribution in [3.05, 3.63) is 0 Å². The van der Waals surface area contributed by atoms with Crippen LogP contribution in [-0.2, 0) is 9.53 Å². The zero-order valence-corrected chi connectivity index (χ0v) is 5.68. The normalized spacial score (nSPS) is 8.67. The molecule has 0 rings (SSSR count). The van der Waals surface area contributed by atoms with Gasteiger partial charge in [-0.2, -0.15) is 0 Å². The molecule has 0 aromatic heterocycles. The summed E-state index contributed by atoms with van der Waals surface area (Å²) in [5.41, 5.74) is 0. The van der Waals surface area contributed by atoms with Gasteiger partial charge < -0.3 is 4.74 Å². The van der Waals surface area contributed by atoms with Gasteiger partial charge in [-0.25, -0.2) is 0 Å². The smallest absolute Gasteiger partial charge is 0.320 e. The minimum atomic E-state index is -0.326. The van der Waals surface area contributed by atoms with E-state index in [0.717, 1.165) is 0 Å². The number of hydrogen-bond acceptors (Lipinski definition) is 2. The molecule has 2 nitrogen and oxygen atoms in total. The summed E-state index contributed by atoms with van der Waals surface area (Å²) < 4.78 is 4.24. The minimum Gasteiger partial charge on any atom is -0.372 e. The topological polar surface area (TPSA) is 26.3 Å². The van der Waals surface area contributed by atoms with E-state index in [0.29, 0.717) is 12.3 Å². The summed E-state index contributed by atoms with van der Waals surface area (Å²) >= 11 is 0. The molecule has 0 aromatic rings. The first-order valence-electron chi connectivity index (χ1n) is 2.82. The van der Waals surface area contributed by atoms with Crippen LogP contribution in [0.2, 0.25) is 0 Å². The van der Waals surface area contributed by atoms with Crippen molar-refractivity contribution in [3.63, 3.8) is 0 Å². The van der Waals surface area contributed by atoms with Gasteiger partial charge in [0.25, 0.3) is 0 Å². The lowest BCUT2D eigenvalue weighted by atomic mass is 10.1. The molecule has 0 aliphatic carbocycles. The molecule has 0 fully saturated rings. The van der Waals surface area contributed by atoms with E-state index < -0.39 is 0 Å². The van der Waals surface area contributed by atoms with Crippen LogP contribution in [0.15, 0.2) is 0 Å². The van der Waals surface area contributed by atoms with Crippen molar-refractivity contribution < 1.29 is 9.53 Å². The van der Waals surface area contributed by atoms with Gasteiger partial charge in [0.15, 0.2) is 0 Å². The largest absolute Gasteiger partial charge is 0.372 e. The lowest BCUT2D eigenvalue weighted by Gasteiger charge is -1.98. The first-order valence-corrected chi connectivity index (χ1v) is 2.82. The average molecular weight is 126 g/mol. The fraction of sp³-hybridized carbons (Fsp3) is 0.571. The van der Waals surface area contributed by atoms with Gasteiger partial charge in [-0.3, -0.25) is 4.79 Å². The number of esters is 1. The zero-order valence-electron chi connectivity index (χ0n) is 5.68. The number of carbonyl (C=O) groups excluding carboxylic acids is 1. The van der Waals surface area contributed by atoms with Crippen molar-refractivity contribution in [2.75, 3.05) is 0 Å². The van der Waals surface area contributed by atoms with Crippen molar-refractivity contribution in [3.8, 4) is 12.5 Å². The van der Waals surface area contributed by atoms with Crippen LogP contribution in [0.25, 0.3) is 0 Å². The van der Waals surface area contributed by atoms with Crippen molar-refractivity contribution in [2.45, 2.75) is 20.3 Å². The molecule has 0 saturated heterocycles. The van der Waals surface area contributed by atoms with Gasteiger partial charge in [0, 0.05) is 6.42 Å². The van der Waals surface area contributed by atoms with E-state index >= 15 is 0 Å². The first kappa shape index (κ1) is 8.03. The maximum absolute atomic E-state index is 10.5. The van der Waals surface area contributed by atoms with Crippen molar-refractivity contribution in [1.82, 2.24) is 0 Å². The van der Waals surface area contributed by atoms with Gasteiger partial charge >= 0.3 is 5.97 Å². The van der Waals surface area contributed by atoms with Crippen LogP contribution in [0.5, 0.6) is 0 Å². The molecular weight excluding hydrogens is 116 g/mol. The molecule has 0 bridgehead atoms. The fourth-order valence-electron chi connectivity index (χ4n) is 0.441. The Labute approximate surface area is 55.2 Å². The van der Waals surface area contributed by atoms with Crippen LogP contribution in [0.1, 0.15) is 20.3 Å². The van der Waals surface area contributed by atoms with E-state index in [1.54, 1.807) is 0 Å². The van der Waals surface area contributed by atoms with Gasteiger partial charge in [-0.15, -0.1) is 0 Å². The van der Waals surface area contributed by atoms with E-state index in [2.05, 4.69) is 4.74 Å². The average Bonchev–Trinajstić information content (AvgIpc) is 1.63. The standard InChI is InChI=1S/C7H10O2/c1-4-9-7(8)5-6(2)3/h1,6H,5H2,2-3H3. The number of terminal acetylenes is 1. The molecular formula is C7H10O2. The maximum atomic E-state index is 10.5. The summed E-state index contributed by atoms with van der Waals surface area (Å²) in [7, 11) is 0. The highest BCUT2D eigenvalue weighted by Crippen LogP contribution is 1.99. The summed E-state index contributed by atoms with van der Waals surface area (Å²) in [5.74, 6) is -0.0154. The van der Waals surface area contributed by atoms with Crippen LogP contribution < -0.4 is 0 Å². The van der Waals surface area contributed by atoms with Crippen LogP contribution in [-0.4, -0.2) is 5.97 Å². The predicted octanol–water partition coefficient (Wildman–Crippen LogP) is 1.17. The van der Waals surface area contributed by atoms with Gasteiger partial charge in [0.05, 0.1) is 0 Å². The Kier molecular flexibility index (Phi) is 3.54. The van der Waals surface area contributed by atoms with E-state index in [-0.39, 0.29) is 5.97 Å². The molecule has 0 saturated carbocycles. The highest BCUT2D eigenvalue weighted by atomic mass is 16.5. The molecule has 0 radical (unpaired) electrons. The van der Waals surface area contributed by atoms with Crippen LogP contribution >= 0.6 is 0 Å². The third-order valence-electron chi connectivity index (χ3n) is 0.748. The lowest BCUT2D eigenvalue weighted by Crippen LogP contribution is -2.03. The third kappa shape index (κ3) is 4.89. The molecule has 50 valence electrons. The Morgan fingerprint density at radius 3 is 2.67 bits per heavy atom. The van der Waals surface area contributed by atoms with E-state index in [4.69, 9.17) is 6.42 Å². The molecule has 0 aromatic carbocycles. The van der Waals surface area contributed by atoms with E-state index in [9.17, 15) is 4.79 Å². The summed E-state index contributed by atoms with van der Waals surface area (Å²) in [6, 6.07) is 0. The minimum absolute atomic E-state index is 0.311. The molecule has 0 aliphatic heterocycles. The second kappa shape index (κ2) is 3.96. The van der Waals surface area contributed by atoms with Gasteiger partial charge in [0.1, 0.15) is 6.11 Å². The molecule has 0 N–H and O–H groups in total. The highest BCUT2D eigenvalue weighted by Gasteiger charge is 2.03. The Morgan fingerprint density at radius 2 is 2.33 bits per heavy atom. The zero-order chi connectivity index (χ0) is 7.28. The molecule has 0 amide bonds. The number of carbonyl (C=O) groups is 1. The summed E-state index contributed by atoms with van der Waals surface area (Å²) in [6.07, 6.45) is 6.93. The van der Waals surface area contributed by atoms with Gasteiger partial charge in [-0.05, 0) is 5.92 Å². The quantitative estimate of drug-likeness (QED) is 0.410. The van der Waals surface area contributed by atoms with Crippen molar-refractivity contribution in [1.29, 1.82) is 0 Å². The van der Waals surface area contributed by atoms with Crippen molar-refractivity contribution in [2.24, 2.45) is 5.92 Å². The third-order valence-corrected chi connectivity index (χ3v) is 0.748. The molecule has 9 heavy (non-hydrogen) atoms. The Morgan fingerprint density at radius 1 is 1.78 bits per heavy atom. The second-order valence-corrected chi connectivity index (χ2v) is 2.19. The summed E-state index contributed by atoms with van der Waals surface area (Å²) in [5, 5.41) is 0. The summed E-state index contributed by atoms with van der Waals surface area (Å²) in [6.45, 7) is 3.86. The highest BCUT2D eigenvalue weighted by molar-refractivity contribution is 5.70. The molecule has 0 spiro atoms. The second-order valence-electron chi connectivity index (χ2n) is 2.19. The van der Waals surface area contributed by atoms with Crippen molar-refractivity contribution >= 4 is 5.97 Å². The van der Waals surface area contributed by atoms with Gasteiger partial charge in [-0.1, -0.05) is 20.3 Å². The lowest BCUT2D eigenvalue weighted by molar-refractivity contribution is -0.137. The molecule has 2 heteroatoms. The predicted molar refractivity (Wildman–Crippen MR) is 34.4 cm³/mol. The molecule has 0 aliphatic rings. The monoisotopic (exact) mass is 126 g/mol. The molecule has 0 heterocycles. The SMILES string of the molecule is C#COC(=O)CC(C)C. The van der Waals surface area contributed by atoms with Crippen LogP contribution in [0, 0.1) is 18.4 Å². The number of rotatable bonds is 2. The molecule has 0 unspecified atom stereocenters. The fourth-order valence-corrected chi connectivity index (χ4v) is 0.441. The maximum Gasteiger partial charge on any atom is 0.320 e.